The summed E-state index contributed by atoms with van der Waals surface area (Å²) < 4.78 is 21.0. The van der Waals surface area contributed by atoms with Crippen LogP contribution in [0.2, 0.25) is 0 Å². The minimum atomic E-state index is -0.243. The number of hydrogen-bond acceptors (Lipinski definition) is 5. The van der Waals surface area contributed by atoms with E-state index in [9.17, 15) is 9.18 Å². The molecule has 3 aromatic rings. The van der Waals surface area contributed by atoms with Gasteiger partial charge in [0.2, 0.25) is 0 Å². The van der Waals surface area contributed by atoms with E-state index in [0.717, 1.165) is 71.9 Å². The van der Waals surface area contributed by atoms with E-state index in [2.05, 4.69) is 23.8 Å². The van der Waals surface area contributed by atoms with Crippen LogP contribution in [0.15, 0.2) is 30.3 Å². The van der Waals surface area contributed by atoms with E-state index in [-0.39, 0.29) is 11.7 Å². The molecule has 0 spiro atoms. The Balaban J connectivity index is 1.22. The Morgan fingerprint density at radius 3 is 2.50 bits per heavy atom. The maximum absolute atomic E-state index is 13.3. The highest BCUT2D eigenvalue weighted by molar-refractivity contribution is 7.20. The van der Waals surface area contributed by atoms with Crippen molar-refractivity contribution in [3.8, 4) is 0 Å². The lowest BCUT2D eigenvalue weighted by Crippen LogP contribution is -2.48. The summed E-state index contributed by atoms with van der Waals surface area (Å²) >= 11 is 1.51. The summed E-state index contributed by atoms with van der Waals surface area (Å²) in [5, 5.41) is 5.68. The molecule has 2 aliphatic rings. The highest BCUT2D eigenvalue weighted by atomic mass is 32.1. The number of benzene rings is 1. The van der Waals surface area contributed by atoms with Crippen molar-refractivity contribution < 1.29 is 13.9 Å². The number of hydrogen-bond donors (Lipinski definition) is 0. The van der Waals surface area contributed by atoms with Crippen molar-refractivity contribution in [3.63, 3.8) is 0 Å². The van der Waals surface area contributed by atoms with Gasteiger partial charge in [-0.3, -0.25) is 14.4 Å². The molecule has 0 radical (unpaired) electrons. The molecule has 0 bridgehead atoms. The molecule has 8 heteroatoms. The van der Waals surface area contributed by atoms with Gasteiger partial charge in [0, 0.05) is 38.1 Å². The third kappa shape index (κ3) is 5.04. The van der Waals surface area contributed by atoms with Crippen molar-refractivity contribution in [1.82, 2.24) is 19.6 Å². The lowest BCUT2D eigenvalue weighted by molar-refractivity contribution is -0.0728. The number of nitrogens with zero attached hydrogens (tertiary/aromatic N) is 4. The maximum Gasteiger partial charge on any atom is 0.264 e. The Bertz CT molecular complexity index is 1140. The molecule has 0 saturated carbocycles. The Labute approximate surface area is 204 Å². The number of thiophene rings is 1. The minimum absolute atomic E-state index is 0.126. The van der Waals surface area contributed by atoms with E-state index < -0.39 is 0 Å². The van der Waals surface area contributed by atoms with E-state index in [1.807, 2.05) is 22.6 Å². The molecule has 2 saturated heterocycles. The first-order valence-corrected chi connectivity index (χ1v) is 13.1. The predicted octanol–water partition coefficient (Wildman–Crippen LogP) is 4.56. The standard InChI is InChI=1S/C26H33FN4O2S/c1-17-13-29(14-18(2)33-17)15-21-8-10-30(11-9-21)25(32)24-12-23-19(3)28-31(26(23)34-24)16-20-4-6-22(27)7-5-20/h4-7,12,17-18,21H,8-11,13-16H2,1-3H3. The number of ether oxygens (including phenoxy) is 1. The zero-order valence-corrected chi connectivity index (χ0v) is 21.0. The zero-order chi connectivity index (χ0) is 23.8. The van der Waals surface area contributed by atoms with Gasteiger partial charge in [-0.2, -0.15) is 5.10 Å². The van der Waals surface area contributed by atoms with Gasteiger partial charge in [0.15, 0.2) is 0 Å². The lowest BCUT2D eigenvalue weighted by atomic mass is 9.95. The van der Waals surface area contributed by atoms with Crippen molar-refractivity contribution in [2.45, 2.75) is 52.4 Å². The highest BCUT2D eigenvalue weighted by Gasteiger charge is 2.29. The van der Waals surface area contributed by atoms with Gasteiger partial charge in [-0.15, -0.1) is 11.3 Å². The fourth-order valence-electron chi connectivity index (χ4n) is 5.36. The molecule has 2 aromatic heterocycles. The molecule has 4 heterocycles. The van der Waals surface area contributed by atoms with Crippen LogP contribution < -0.4 is 0 Å². The maximum atomic E-state index is 13.3. The third-order valence-corrected chi connectivity index (χ3v) is 8.11. The lowest BCUT2D eigenvalue weighted by Gasteiger charge is -2.39. The molecular formula is C26H33FN4O2S. The fourth-order valence-corrected chi connectivity index (χ4v) is 6.49. The first-order valence-electron chi connectivity index (χ1n) is 12.2. The third-order valence-electron chi connectivity index (χ3n) is 6.98. The van der Waals surface area contributed by atoms with Gasteiger partial charge in [0.05, 0.1) is 29.3 Å². The van der Waals surface area contributed by atoms with Crippen LogP contribution in [0.4, 0.5) is 4.39 Å². The Hall–Kier alpha value is -2.29. The largest absolute Gasteiger partial charge is 0.373 e. The van der Waals surface area contributed by atoms with Crippen molar-refractivity contribution in [2.75, 3.05) is 32.7 Å². The van der Waals surface area contributed by atoms with Crippen molar-refractivity contribution in [1.29, 1.82) is 0 Å². The second-order valence-corrected chi connectivity index (χ2v) is 10.9. The number of carbonyl (C=O) groups excluding carboxylic acids is 1. The number of fused-ring (bicyclic) bond motifs is 1. The molecule has 6 nitrogen and oxygen atoms in total. The zero-order valence-electron chi connectivity index (χ0n) is 20.2. The normalized spacial score (nSPS) is 22.5. The van der Waals surface area contributed by atoms with E-state index >= 15 is 0 Å². The molecule has 2 aliphatic heterocycles. The molecule has 1 aromatic carbocycles. The Morgan fingerprint density at radius 2 is 1.82 bits per heavy atom. The van der Waals surface area contributed by atoms with Gasteiger partial charge in [0.25, 0.3) is 5.91 Å². The monoisotopic (exact) mass is 484 g/mol. The number of morpholine rings is 1. The van der Waals surface area contributed by atoms with E-state index in [1.54, 1.807) is 12.1 Å². The molecule has 5 rings (SSSR count). The van der Waals surface area contributed by atoms with Crippen molar-refractivity contribution >= 4 is 27.5 Å². The summed E-state index contributed by atoms with van der Waals surface area (Å²) in [5.74, 6) is 0.517. The summed E-state index contributed by atoms with van der Waals surface area (Å²) in [6.45, 7) is 11.6. The van der Waals surface area contributed by atoms with Gasteiger partial charge in [-0.25, -0.2) is 4.39 Å². The van der Waals surface area contributed by atoms with Crippen LogP contribution in [0.3, 0.4) is 0 Å². The highest BCUT2D eigenvalue weighted by Crippen LogP contribution is 2.31. The summed E-state index contributed by atoms with van der Waals surface area (Å²) in [6.07, 6.45) is 2.68. The van der Waals surface area contributed by atoms with Crippen LogP contribution >= 0.6 is 11.3 Å². The molecule has 1 amide bonds. The molecule has 0 N–H and O–H groups in total. The second-order valence-electron chi connectivity index (χ2n) is 9.91. The molecule has 34 heavy (non-hydrogen) atoms. The smallest absolute Gasteiger partial charge is 0.264 e. The molecule has 2 unspecified atom stereocenters. The molecule has 2 atom stereocenters. The quantitative estimate of drug-likeness (QED) is 0.533. The summed E-state index contributed by atoms with van der Waals surface area (Å²) in [5.41, 5.74) is 1.90. The number of likely N-dealkylation sites (tertiary alicyclic amines) is 1. The number of aromatic nitrogens is 2. The van der Waals surface area contributed by atoms with Crippen LogP contribution in [0.5, 0.6) is 0 Å². The Kier molecular flexibility index (Phi) is 6.73. The van der Waals surface area contributed by atoms with Crippen molar-refractivity contribution in [2.24, 2.45) is 5.92 Å². The minimum Gasteiger partial charge on any atom is -0.373 e. The molecule has 2 fully saturated rings. The SMILES string of the molecule is Cc1nn(Cc2ccc(F)cc2)c2sc(C(=O)N3CCC(CN4CC(C)OC(C)C4)CC3)cc12. The van der Waals surface area contributed by atoms with Gasteiger partial charge in [-0.1, -0.05) is 12.1 Å². The van der Waals surface area contributed by atoms with Crippen LogP contribution in [0, 0.1) is 18.7 Å². The number of rotatable bonds is 5. The topological polar surface area (TPSA) is 50.6 Å². The number of piperidine rings is 1. The molecule has 0 aliphatic carbocycles. The molecular weight excluding hydrogens is 451 g/mol. The van der Waals surface area contributed by atoms with E-state index in [0.29, 0.717) is 24.7 Å². The van der Waals surface area contributed by atoms with Crippen molar-refractivity contribution in [3.05, 3.63) is 52.3 Å². The number of carbonyl (C=O) groups is 1. The van der Waals surface area contributed by atoms with Gasteiger partial charge in [0.1, 0.15) is 10.6 Å². The van der Waals surface area contributed by atoms with E-state index in [4.69, 9.17) is 4.74 Å². The van der Waals surface area contributed by atoms with Crippen LogP contribution in [0.1, 0.15) is 47.6 Å². The number of amides is 1. The fraction of sp³-hybridized carbons (Fsp3) is 0.538. The Morgan fingerprint density at radius 1 is 1.15 bits per heavy atom. The number of aryl methyl sites for hydroxylation is 1. The average Bonchev–Trinajstić information content (AvgIpc) is 3.36. The predicted molar refractivity (Wildman–Crippen MR) is 133 cm³/mol. The first kappa shape index (κ1) is 23.5. The van der Waals surface area contributed by atoms with Crippen LogP contribution in [-0.4, -0.2) is 70.4 Å². The average molecular weight is 485 g/mol. The van der Waals surface area contributed by atoms with Gasteiger partial charge < -0.3 is 9.64 Å². The number of halogens is 1. The summed E-state index contributed by atoms with van der Waals surface area (Å²) in [4.78, 5) is 19.6. The van der Waals surface area contributed by atoms with Crippen LogP contribution in [0.25, 0.3) is 10.2 Å². The van der Waals surface area contributed by atoms with Crippen LogP contribution in [-0.2, 0) is 11.3 Å². The van der Waals surface area contributed by atoms with Gasteiger partial charge >= 0.3 is 0 Å². The first-order chi connectivity index (χ1) is 16.4. The van der Waals surface area contributed by atoms with E-state index in [1.165, 1.54) is 23.5 Å². The summed E-state index contributed by atoms with van der Waals surface area (Å²) in [6, 6.07) is 8.49. The molecule has 182 valence electrons. The second kappa shape index (κ2) is 9.76. The van der Waals surface area contributed by atoms with Gasteiger partial charge in [-0.05, 0) is 63.3 Å². The summed E-state index contributed by atoms with van der Waals surface area (Å²) in [7, 11) is 0.